The van der Waals surface area contributed by atoms with Crippen molar-refractivity contribution in [2.24, 2.45) is 0 Å². The summed E-state index contributed by atoms with van der Waals surface area (Å²) in [6, 6.07) is 10.2. The molecule has 0 saturated carbocycles. The SMILES string of the molecule is CCC(C)N1C(=O)C(=Cc2cc(C)n(-c3ccc(C)cc3)c2C)C(=O)NC1=S. The standard InChI is InChI=1S/C22H25N3O2S/c1-6-14(3)25-21(27)19(20(26)23-22(25)28)12-17-11-15(4)24(16(17)5)18-9-7-13(2)8-10-18/h7-12,14H,6H2,1-5H3,(H,23,26,28). The first-order valence-corrected chi connectivity index (χ1v) is 9.82. The Morgan fingerprint density at radius 3 is 2.39 bits per heavy atom. The lowest BCUT2D eigenvalue weighted by Crippen LogP contribution is -2.56. The molecule has 1 fully saturated rings. The fourth-order valence-corrected chi connectivity index (χ4v) is 3.79. The maximum atomic E-state index is 13.0. The van der Waals surface area contributed by atoms with Gasteiger partial charge in [-0.05, 0) is 76.2 Å². The summed E-state index contributed by atoms with van der Waals surface area (Å²) in [7, 11) is 0. The number of amides is 2. The van der Waals surface area contributed by atoms with Crippen molar-refractivity contribution in [2.75, 3.05) is 0 Å². The van der Waals surface area contributed by atoms with Gasteiger partial charge in [0.1, 0.15) is 5.57 Å². The van der Waals surface area contributed by atoms with Crippen LogP contribution in [0, 0.1) is 20.8 Å². The number of aryl methyl sites for hydroxylation is 2. The predicted octanol–water partition coefficient (Wildman–Crippen LogP) is 3.83. The van der Waals surface area contributed by atoms with Gasteiger partial charge in [-0.2, -0.15) is 0 Å². The third-order valence-corrected chi connectivity index (χ3v) is 5.53. The smallest absolute Gasteiger partial charge is 0.265 e. The van der Waals surface area contributed by atoms with E-state index in [4.69, 9.17) is 12.2 Å². The molecule has 1 N–H and O–H groups in total. The van der Waals surface area contributed by atoms with Crippen molar-refractivity contribution >= 4 is 35.2 Å². The summed E-state index contributed by atoms with van der Waals surface area (Å²) in [5, 5.41) is 2.82. The Hall–Kier alpha value is -2.73. The molecule has 0 radical (unpaired) electrons. The van der Waals surface area contributed by atoms with Crippen molar-refractivity contribution in [1.29, 1.82) is 0 Å². The molecule has 1 atom stereocenters. The van der Waals surface area contributed by atoms with Gasteiger partial charge < -0.3 is 4.57 Å². The molecule has 0 spiro atoms. The maximum Gasteiger partial charge on any atom is 0.265 e. The maximum absolute atomic E-state index is 13.0. The second-order valence-corrected chi connectivity index (χ2v) is 7.63. The van der Waals surface area contributed by atoms with Gasteiger partial charge in [-0.25, -0.2) is 0 Å². The predicted molar refractivity (Wildman–Crippen MR) is 115 cm³/mol. The average Bonchev–Trinajstić information content (AvgIpc) is 2.92. The molecule has 2 amide bonds. The Balaban J connectivity index is 2.04. The normalized spacial score (nSPS) is 17.2. The third-order valence-electron chi connectivity index (χ3n) is 5.23. The summed E-state index contributed by atoms with van der Waals surface area (Å²) < 4.78 is 2.12. The van der Waals surface area contributed by atoms with E-state index in [0.29, 0.717) is 0 Å². The monoisotopic (exact) mass is 395 g/mol. The van der Waals surface area contributed by atoms with Gasteiger partial charge in [0.15, 0.2) is 5.11 Å². The van der Waals surface area contributed by atoms with Crippen LogP contribution in [-0.2, 0) is 9.59 Å². The van der Waals surface area contributed by atoms with Crippen molar-refractivity contribution in [1.82, 2.24) is 14.8 Å². The largest absolute Gasteiger partial charge is 0.318 e. The van der Waals surface area contributed by atoms with Crippen molar-refractivity contribution in [3.8, 4) is 5.69 Å². The van der Waals surface area contributed by atoms with Crippen LogP contribution in [0.2, 0.25) is 0 Å². The van der Waals surface area contributed by atoms with Gasteiger partial charge in [-0.1, -0.05) is 24.6 Å². The number of nitrogens with one attached hydrogen (secondary N) is 1. The molecule has 146 valence electrons. The minimum atomic E-state index is -0.449. The lowest BCUT2D eigenvalue weighted by Gasteiger charge is -2.33. The molecule has 0 aliphatic carbocycles. The van der Waals surface area contributed by atoms with E-state index in [1.54, 1.807) is 6.08 Å². The second-order valence-electron chi connectivity index (χ2n) is 7.25. The molecule has 1 aromatic carbocycles. The highest BCUT2D eigenvalue weighted by atomic mass is 32.1. The lowest BCUT2D eigenvalue weighted by molar-refractivity contribution is -0.130. The zero-order chi connectivity index (χ0) is 20.6. The summed E-state index contributed by atoms with van der Waals surface area (Å²) >= 11 is 5.21. The summed E-state index contributed by atoms with van der Waals surface area (Å²) in [6.07, 6.45) is 2.42. The van der Waals surface area contributed by atoms with Crippen molar-refractivity contribution in [2.45, 2.75) is 47.1 Å². The zero-order valence-electron chi connectivity index (χ0n) is 16.9. The Morgan fingerprint density at radius 2 is 1.79 bits per heavy atom. The Bertz CT molecular complexity index is 986. The van der Waals surface area contributed by atoms with E-state index < -0.39 is 5.91 Å². The van der Waals surface area contributed by atoms with E-state index in [9.17, 15) is 9.59 Å². The number of hydrogen-bond donors (Lipinski definition) is 1. The molecule has 0 bridgehead atoms. The lowest BCUT2D eigenvalue weighted by atomic mass is 10.1. The number of carbonyl (C=O) groups is 2. The number of thiocarbonyl (C=S) groups is 1. The van der Waals surface area contributed by atoms with Crippen LogP contribution in [0.25, 0.3) is 11.8 Å². The van der Waals surface area contributed by atoms with Crippen LogP contribution in [0.15, 0.2) is 35.9 Å². The topological polar surface area (TPSA) is 54.3 Å². The van der Waals surface area contributed by atoms with E-state index in [0.717, 1.165) is 29.1 Å². The van der Waals surface area contributed by atoms with Crippen LogP contribution in [0.5, 0.6) is 0 Å². The van der Waals surface area contributed by atoms with Gasteiger partial charge >= 0.3 is 0 Å². The first-order valence-electron chi connectivity index (χ1n) is 9.41. The van der Waals surface area contributed by atoms with Crippen molar-refractivity contribution < 1.29 is 9.59 Å². The van der Waals surface area contributed by atoms with Crippen LogP contribution >= 0.6 is 12.2 Å². The number of aromatic nitrogens is 1. The summed E-state index contributed by atoms with van der Waals surface area (Å²) in [4.78, 5) is 26.9. The van der Waals surface area contributed by atoms with Gasteiger partial charge in [-0.3, -0.25) is 19.8 Å². The van der Waals surface area contributed by atoms with Gasteiger partial charge in [0.05, 0.1) is 0 Å². The van der Waals surface area contributed by atoms with Crippen LogP contribution in [0.4, 0.5) is 0 Å². The number of nitrogens with zero attached hydrogens (tertiary/aromatic N) is 2. The van der Waals surface area contributed by atoms with Crippen LogP contribution in [-0.4, -0.2) is 32.4 Å². The second kappa shape index (κ2) is 7.72. The molecule has 5 nitrogen and oxygen atoms in total. The Kier molecular flexibility index (Phi) is 5.52. The molecule has 1 aliphatic heterocycles. The summed E-state index contributed by atoms with van der Waals surface area (Å²) in [6.45, 7) is 9.95. The molecule has 6 heteroatoms. The Labute approximate surface area is 171 Å². The van der Waals surface area contributed by atoms with Crippen molar-refractivity contribution in [3.63, 3.8) is 0 Å². The first-order chi connectivity index (χ1) is 13.2. The number of benzene rings is 1. The minimum Gasteiger partial charge on any atom is -0.318 e. The zero-order valence-corrected chi connectivity index (χ0v) is 17.7. The fraction of sp³-hybridized carbons (Fsp3) is 0.318. The van der Waals surface area contributed by atoms with E-state index in [1.807, 2.05) is 33.8 Å². The Morgan fingerprint density at radius 1 is 1.14 bits per heavy atom. The average molecular weight is 396 g/mol. The minimum absolute atomic E-state index is 0.0796. The third kappa shape index (κ3) is 3.52. The molecular formula is C22H25N3O2S. The van der Waals surface area contributed by atoms with E-state index in [-0.39, 0.29) is 22.6 Å². The van der Waals surface area contributed by atoms with E-state index in [1.165, 1.54) is 10.5 Å². The van der Waals surface area contributed by atoms with E-state index >= 15 is 0 Å². The number of hydrogen-bond acceptors (Lipinski definition) is 3. The van der Waals surface area contributed by atoms with Gasteiger partial charge in [0, 0.05) is 23.1 Å². The van der Waals surface area contributed by atoms with Crippen LogP contribution < -0.4 is 5.32 Å². The molecule has 3 rings (SSSR count). The first kappa shape index (κ1) is 20.0. The highest BCUT2D eigenvalue weighted by Crippen LogP contribution is 2.25. The van der Waals surface area contributed by atoms with Gasteiger partial charge in [0.25, 0.3) is 11.8 Å². The molecule has 1 aliphatic rings. The molecule has 2 aromatic rings. The highest BCUT2D eigenvalue weighted by Gasteiger charge is 2.35. The van der Waals surface area contributed by atoms with Gasteiger partial charge in [-0.15, -0.1) is 0 Å². The highest BCUT2D eigenvalue weighted by molar-refractivity contribution is 7.80. The number of carbonyl (C=O) groups excluding carboxylic acids is 2. The summed E-state index contributed by atoms with van der Waals surface area (Å²) in [5.74, 6) is -0.794. The molecular weight excluding hydrogens is 370 g/mol. The van der Waals surface area contributed by atoms with Crippen molar-refractivity contribution in [3.05, 3.63) is 58.4 Å². The molecule has 1 aromatic heterocycles. The molecule has 2 heterocycles. The van der Waals surface area contributed by atoms with Crippen LogP contribution in [0.1, 0.15) is 42.8 Å². The summed E-state index contributed by atoms with van der Waals surface area (Å²) in [5.41, 5.74) is 5.20. The fourth-order valence-electron chi connectivity index (χ4n) is 3.43. The van der Waals surface area contributed by atoms with Gasteiger partial charge in [0.2, 0.25) is 0 Å². The quantitative estimate of drug-likeness (QED) is 0.486. The molecule has 28 heavy (non-hydrogen) atoms. The molecule has 1 unspecified atom stereocenters. The van der Waals surface area contributed by atoms with E-state index in [2.05, 4.69) is 41.1 Å². The number of rotatable bonds is 4. The van der Waals surface area contributed by atoms with Crippen LogP contribution in [0.3, 0.4) is 0 Å². The molecule has 1 saturated heterocycles.